The third kappa shape index (κ3) is 7.43. The van der Waals surface area contributed by atoms with Crippen LogP contribution in [0.3, 0.4) is 0 Å². The van der Waals surface area contributed by atoms with Crippen LogP contribution in [-0.4, -0.2) is 26.2 Å². The van der Waals surface area contributed by atoms with Gasteiger partial charge in [0, 0.05) is 24.6 Å². The fraction of sp³-hybridized carbons (Fsp3) is 0.318. The second-order valence-corrected chi connectivity index (χ2v) is 5.88. The Bertz CT molecular complexity index is 753. The summed E-state index contributed by atoms with van der Waals surface area (Å²) in [5, 5.41) is 3.13. The van der Waals surface area contributed by atoms with Crippen LogP contribution >= 0.6 is 0 Å². The molecule has 2 aromatic carbocycles. The summed E-state index contributed by atoms with van der Waals surface area (Å²) in [7, 11) is 1.62. The number of hydrogen-bond donors (Lipinski definition) is 1. The Hall–Kier alpha value is -2.97. The smallest absolute Gasteiger partial charge is 0.306 e. The van der Waals surface area contributed by atoms with Crippen LogP contribution in [0.5, 0.6) is 11.5 Å². The third-order valence-corrected chi connectivity index (χ3v) is 3.84. The molecule has 0 aliphatic carbocycles. The maximum absolute atomic E-state index is 11.8. The van der Waals surface area contributed by atoms with Crippen molar-refractivity contribution in [3.8, 4) is 23.8 Å². The van der Waals surface area contributed by atoms with Gasteiger partial charge in [-0.1, -0.05) is 42.3 Å². The van der Waals surface area contributed by atoms with Crippen LogP contribution in [0.15, 0.2) is 48.5 Å². The summed E-state index contributed by atoms with van der Waals surface area (Å²) in [6.07, 6.45) is 6.13. The first kappa shape index (κ1) is 20.3. The van der Waals surface area contributed by atoms with Gasteiger partial charge in [0.2, 0.25) is 0 Å². The van der Waals surface area contributed by atoms with Gasteiger partial charge in [0.05, 0.1) is 20.3 Å². The zero-order valence-electron chi connectivity index (χ0n) is 15.6. The van der Waals surface area contributed by atoms with Crippen molar-refractivity contribution in [1.29, 1.82) is 0 Å². The van der Waals surface area contributed by atoms with Crippen molar-refractivity contribution in [1.82, 2.24) is 5.32 Å². The molecule has 2 rings (SSSR count). The standard InChI is InChI=1S/C22H25NO4/c1-3-13-23-16-19-11-12-20(15-21(19)25-2)26-14-7-10-22(24)27-17-18-8-5-4-6-9-18/h1,4-6,8-9,11-12,15,23H,7,10,13-14,16-17H2,2H3. The molecule has 27 heavy (non-hydrogen) atoms. The molecule has 0 unspecified atom stereocenters. The van der Waals surface area contributed by atoms with E-state index < -0.39 is 0 Å². The predicted molar refractivity (Wildman–Crippen MR) is 105 cm³/mol. The number of methoxy groups -OCH3 is 1. The normalized spacial score (nSPS) is 10.1. The lowest BCUT2D eigenvalue weighted by atomic mass is 10.2. The SMILES string of the molecule is C#CCNCc1ccc(OCCCC(=O)OCc2ccccc2)cc1OC. The summed E-state index contributed by atoms with van der Waals surface area (Å²) in [4.78, 5) is 11.8. The Morgan fingerprint density at radius 3 is 2.74 bits per heavy atom. The van der Waals surface area contributed by atoms with E-state index >= 15 is 0 Å². The van der Waals surface area contributed by atoms with Gasteiger partial charge in [-0.2, -0.15) is 0 Å². The average Bonchev–Trinajstić information content (AvgIpc) is 2.71. The fourth-order valence-electron chi connectivity index (χ4n) is 2.45. The summed E-state index contributed by atoms with van der Waals surface area (Å²) >= 11 is 0. The van der Waals surface area contributed by atoms with Crippen molar-refractivity contribution in [2.24, 2.45) is 0 Å². The van der Waals surface area contributed by atoms with Gasteiger partial charge in [-0.25, -0.2) is 0 Å². The lowest BCUT2D eigenvalue weighted by molar-refractivity contribution is -0.145. The van der Waals surface area contributed by atoms with E-state index in [0.717, 1.165) is 16.9 Å². The molecule has 0 amide bonds. The molecule has 142 valence electrons. The van der Waals surface area contributed by atoms with E-state index in [0.29, 0.717) is 44.9 Å². The molecule has 0 atom stereocenters. The van der Waals surface area contributed by atoms with E-state index in [-0.39, 0.29) is 5.97 Å². The van der Waals surface area contributed by atoms with Crippen molar-refractivity contribution >= 4 is 5.97 Å². The number of ether oxygens (including phenoxy) is 3. The third-order valence-electron chi connectivity index (χ3n) is 3.84. The van der Waals surface area contributed by atoms with Gasteiger partial charge in [-0.15, -0.1) is 6.42 Å². The van der Waals surface area contributed by atoms with Crippen LogP contribution in [-0.2, 0) is 22.7 Å². The lowest BCUT2D eigenvalue weighted by Crippen LogP contribution is -2.13. The number of carbonyl (C=O) groups excluding carboxylic acids is 1. The average molecular weight is 367 g/mol. The highest BCUT2D eigenvalue weighted by atomic mass is 16.5. The Morgan fingerprint density at radius 2 is 2.00 bits per heavy atom. The number of nitrogens with one attached hydrogen (secondary N) is 1. The van der Waals surface area contributed by atoms with E-state index in [1.807, 2.05) is 48.5 Å². The van der Waals surface area contributed by atoms with Crippen molar-refractivity contribution in [2.45, 2.75) is 26.0 Å². The molecule has 0 aliphatic rings. The highest BCUT2D eigenvalue weighted by Gasteiger charge is 2.07. The topological polar surface area (TPSA) is 56.8 Å². The van der Waals surface area contributed by atoms with Crippen LogP contribution < -0.4 is 14.8 Å². The molecule has 0 aliphatic heterocycles. The monoisotopic (exact) mass is 367 g/mol. The molecule has 0 saturated carbocycles. The number of rotatable bonds is 11. The molecule has 0 heterocycles. The highest BCUT2D eigenvalue weighted by Crippen LogP contribution is 2.24. The van der Waals surface area contributed by atoms with Crippen LogP contribution in [0.25, 0.3) is 0 Å². The summed E-state index contributed by atoms with van der Waals surface area (Å²) in [5.41, 5.74) is 1.98. The second-order valence-electron chi connectivity index (χ2n) is 5.88. The number of benzene rings is 2. The highest BCUT2D eigenvalue weighted by molar-refractivity contribution is 5.69. The molecule has 5 heteroatoms. The first-order chi connectivity index (χ1) is 13.2. The Balaban J connectivity index is 1.70. The van der Waals surface area contributed by atoms with Gasteiger partial charge in [0.1, 0.15) is 18.1 Å². The number of esters is 1. The van der Waals surface area contributed by atoms with E-state index in [4.69, 9.17) is 20.6 Å². The Kier molecular flexibility index (Phi) is 8.75. The molecule has 5 nitrogen and oxygen atoms in total. The first-order valence-electron chi connectivity index (χ1n) is 8.86. The minimum atomic E-state index is -0.227. The molecular weight excluding hydrogens is 342 g/mol. The van der Waals surface area contributed by atoms with Crippen LogP contribution in [0.1, 0.15) is 24.0 Å². The predicted octanol–water partition coefficient (Wildman–Crippen LogP) is 3.32. The zero-order valence-corrected chi connectivity index (χ0v) is 15.6. The van der Waals surface area contributed by atoms with E-state index in [9.17, 15) is 4.79 Å². The lowest BCUT2D eigenvalue weighted by Gasteiger charge is -2.12. The van der Waals surface area contributed by atoms with E-state index in [1.54, 1.807) is 7.11 Å². The molecule has 0 aromatic heterocycles. The van der Waals surface area contributed by atoms with Gasteiger partial charge >= 0.3 is 5.97 Å². The van der Waals surface area contributed by atoms with Gasteiger partial charge in [-0.05, 0) is 18.1 Å². The number of hydrogen-bond acceptors (Lipinski definition) is 5. The Labute approximate surface area is 160 Å². The summed E-state index contributed by atoms with van der Waals surface area (Å²) in [5.74, 6) is 3.74. The summed E-state index contributed by atoms with van der Waals surface area (Å²) in [6, 6.07) is 15.3. The molecule has 1 N–H and O–H groups in total. The maximum atomic E-state index is 11.8. The van der Waals surface area contributed by atoms with Gasteiger partial charge in [0.15, 0.2) is 0 Å². The fourth-order valence-corrected chi connectivity index (χ4v) is 2.45. The van der Waals surface area contributed by atoms with Crippen LogP contribution in [0.2, 0.25) is 0 Å². The molecule has 0 fully saturated rings. The largest absolute Gasteiger partial charge is 0.496 e. The zero-order chi connectivity index (χ0) is 19.3. The molecule has 0 saturated heterocycles. The summed E-state index contributed by atoms with van der Waals surface area (Å²) in [6.45, 7) is 1.86. The van der Waals surface area contributed by atoms with Crippen LogP contribution in [0, 0.1) is 12.3 Å². The van der Waals surface area contributed by atoms with Crippen molar-refractivity contribution < 1.29 is 19.0 Å². The van der Waals surface area contributed by atoms with E-state index in [1.165, 1.54) is 0 Å². The number of carbonyl (C=O) groups is 1. The van der Waals surface area contributed by atoms with Crippen molar-refractivity contribution in [2.75, 3.05) is 20.3 Å². The molecular formula is C22H25NO4. The minimum absolute atomic E-state index is 0.227. The molecule has 0 bridgehead atoms. The van der Waals surface area contributed by atoms with Gasteiger partial charge < -0.3 is 19.5 Å². The second kappa shape index (κ2) is 11.6. The quantitative estimate of drug-likeness (QED) is 0.375. The van der Waals surface area contributed by atoms with Gasteiger partial charge in [0.25, 0.3) is 0 Å². The van der Waals surface area contributed by atoms with Crippen LogP contribution in [0.4, 0.5) is 0 Å². The Morgan fingerprint density at radius 1 is 1.19 bits per heavy atom. The maximum Gasteiger partial charge on any atom is 0.306 e. The number of terminal acetylenes is 1. The van der Waals surface area contributed by atoms with Gasteiger partial charge in [-0.3, -0.25) is 4.79 Å². The molecule has 2 aromatic rings. The van der Waals surface area contributed by atoms with Crippen molar-refractivity contribution in [3.05, 3.63) is 59.7 Å². The summed E-state index contributed by atoms with van der Waals surface area (Å²) < 4.78 is 16.3. The first-order valence-corrected chi connectivity index (χ1v) is 8.86. The minimum Gasteiger partial charge on any atom is -0.496 e. The van der Waals surface area contributed by atoms with Crippen molar-refractivity contribution in [3.63, 3.8) is 0 Å². The molecule has 0 radical (unpaired) electrons. The molecule has 0 spiro atoms. The van der Waals surface area contributed by atoms with E-state index in [2.05, 4.69) is 11.2 Å².